The van der Waals surface area contributed by atoms with Gasteiger partial charge in [-0.3, -0.25) is 14.8 Å². The Bertz CT molecular complexity index is 773. The molecule has 3 rings (SSSR count). The molecule has 98 valence electrons. The molecule has 2 aromatic heterocycles. The molecule has 0 saturated carbocycles. The van der Waals surface area contributed by atoms with Gasteiger partial charge in [-0.15, -0.1) is 0 Å². The fraction of sp³-hybridized carbons (Fsp3) is 0. The van der Waals surface area contributed by atoms with Crippen LogP contribution in [0, 0.1) is 0 Å². The fourth-order valence-electron chi connectivity index (χ4n) is 1.75. The summed E-state index contributed by atoms with van der Waals surface area (Å²) < 4.78 is 0.690. The number of nitrogens with zero attached hydrogens (tertiary/aromatic N) is 3. The third kappa shape index (κ3) is 2.65. The summed E-state index contributed by atoms with van der Waals surface area (Å²) in [5, 5.41) is 2.81. The highest BCUT2D eigenvalue weighted by atomic mass is 79.9. The predicted octanol–water partition coefficient (Wildman–Crippen LogP) is 3.04. The molecule has 0 aliphatic carbocycles. The average molecular weight is 329 g/mol. The van der Waals surface area contributed by atoms with Crippen LogP contribution >= 0.6 is 15.9 Å². The summed E-state index contributed by atoms with van der Waals surface area (Å²) >= 11 is 3.23. The number of halogens is 1. The zero-order valence-corrected chi connectivity index (χ0v) is 11.8. The van der Waals surface area contributed by atoms with Crippen LogP contribution in [0.2, 0.25) is 0 Å². The molecular weight excluding hydrogens is 320 g/mol. The maximum atomic E-state index is 12.1. The zero-order valence-electron chi connectivity index (χ0n) is 10.2. The summed E-state index contributed by atoms with van der Waals surface area (Å²) in [5.74, 6) is -0.215. The first-order chi connectivity index (χ1) is 9.72. The van der Waals surface area contributed by atoms with Crippen molar-refractivity contribution in [1.29, 1.82) is 0 Å². The number of fused-ring (bicyclic) bond motifs is 1. The van der Waals surface area contributed by atoms with Crippen LogP contribution in [0.1, 0.15) is 10.4 Å². The molecule has 0 unspecified atom stereocenters. The molecule has 0 fully saturated rings. The van der Waals surface area contributed by atoms with Gasteiger partial charge in [0.05, 0.1) is 16.6 Å². The lowest BCUT2D eigenvalue weighted by atomic mass is 10.2. The number of carbonyl (C=O) groups is 1. The van der Waals surface area contributed by atoms with E-state index in [2.05, 4.69) is 36.2 Å². The van der Waals surface area contributed by atoms with Gasteiger partial charge < -0.3 is 5.32 Å². The number of hydrogen-bond acceptors (Lipinski definition) is 4. The lowest BCUT2D eigenvalue weighted by Gasteiger charge is -2.05. The Balaban J connectivity index is 1.85. The minimum absolute atomic E-state index is 0.215. The van der Waals surface area contributed by atoms with Gasteiger partial charge in [0.1, 0.15) is 4.60 Å². The van der Waals surface area contributed by atoms with Gasteiger partial charge in [-0.2, -0.15) is 0 Å². The molecule has 0 spiro atoms. The van der Waals surface area contributed by atoms with Crippen molar-refractivity contribution in [3.63, 3.8) is 0 Å². The minimum atomic E-state index is -0.215. The molecule has 5 nitrogen and oxygen atoms in total. The van der Waals surface area contributed by atoms with Crippen LogP contribution in [0.4, 0.5) is 5.69 Å². The maximum absolute atomic E-state index is 12.1. The van der Waals surface area contributed by atoms with E-state index in [-0.39, 0.29) is 5.91 Å². The van der Waals surface area contributed by atoms with Crippen LogP contribution in [-0.2, 0) is 0 Å². The Morgan fingerprint density at radius 1 is 1.00 bits per heavy atom. The highest BCUT2D eigenvalue weighted by molar-refractivity contribution is 9.10. The van der Waals surface area contributed by atoms with Crippen molar-refractivity contribution < 1.29 is 4.79 Å². The van der Waals surface area contributed by atoms with Crippen LogP contribution in [0.25, 0.3) is 11.0 Å². The molecule has 0 radical (unpaired) electrons. The van der Waals surface area contributed by atoms with Crippen LogP contribution in [0.3, 0.4) is 0 Å². The van der Waals surface area contributed by atoms with Crippen molar-refractivity contribution in [2.45, 2.75) is 0 Å². The largest absolute Gasteiger partial charge is 0.322 e. The summed E-state index contributed by atoms with van der Waals surface area (Å²) in [6.07, 6.45) is 4.76. The number of carbonyl (C=O) groups excluding carboxylic acids is 1. The van der Waals surface area contributed by atoms with Crippen LogP contribution < -0.4 is 5.32 Å². The molecule has 2 heterocycles. The second kappa shape index (κ2) is 5.34. The lowest BCUT2D eigenvalue weighted by Crippen LogP contribution is -2.12. The number of benzene rings is 1. The van der Waals surface area contributed by atoms with Crippen molar-refractivity contribution in [2.24, 2.45) is 0 Å². The monoisotopic (exact) mass is 328 g/mol. The number of pyridine rings is 1. The van der Waals surface area contributed by atoms with E-state index in [1.165, 1.54) is 6.20 Å². The second-order valence-corrected chi connectivity index (χ2v) is 4.90. The Morgan fingerprint density at radius 2 is 1.80 bits per heavy atom. The SMILES string of the molecule is O=C(Nc1ccc2nccnc2c1)c1ccc(Br)nc1. The second-order valence-electron chi connectivity index (χ2n) is 4.08. The van der Waals surface area contributed by atoms with Crippen molar-refractivity contribution in [2.75, 3.05) is 5.32 Å². The smallest absolute Gasteiger partial charge is 0.257 e. The molecule has 20 heavy (non-hydrogen) atoms. The first-order valence-corrected chi connectivity index (χ1v) is 6.65. The van der Waals surface area contributed by atoms with Crippen LogP contribution in [0.15, 0.2) is 53.5 Å². The summed E-state index contributed by atoms with van der Waals surface area (Å²) in [6, 6.07) is 8.82. The highest BCUT2D eigenvalue weighted by Crippen LogP contribution is 2.16. The molecule has 0 atom stereocenters. The molecule has 0 bridgehead atoms. The molecule has 0 saturated heterocycles. The van der Waals surface area contributed by atoms with Crippen molar-refractivity contribution in [3.05, 3.63) is 59.1 Å². The quantitative estimate of drug-likeness (QED) is 0.734. The third-order valence-corrected chi connectivity index (χ3v) is 3.19. The first-order valence-electron chi connectivity index (χ1n) is 5.86. The van der Waals surface area contributed by atoms with Gasteiger partial charge in [0.2, 0.25) is 0 Å². The Morgan fingerprint density at radius 3 is 2.55 bits per heavy atom. The number of rotatable bonds is 2. The molecule has 1 aromatic carbocycles. The Labute approximate surface area is 123 Å². The predicted molar refractivity (Wildman–Crippen MR) is 79.4 cm³/mol. The number of amides is 1. The highest BCUT2D eigenvalue weighted by Gasteiger charge is 2.07. The van der Waals surface area contributed by atoms with E-state index in [0.29, 0.717) is 15.9 Å². The van der Waals surface area contributed by atoms with E-state index >= 15 is 0 Å². The summed E-state index contributed by atoms with van der Waals surface area (Å²) in [7, 11) is 0. The van der Waals surface area contributed by atoms with Crippen LogP contribution in [0.5, 0.6) is 0 Å². The van der Waals surface area contributed by atoms with Gasteiger partial charge in [0.15, 0.2) is 0 Å². The molecule has 1 N–H and O–H groups in total. The van der Waals surface area contributed by atoms with Gasteiger partial charge >= 0.3 is 0 Å². The zero-order chi connectivity index (χ0) is 13.9. The average Bonchev–Trinajstić information content (AvgIpc) is 2.48. The van der Waals surface area contributed by atoms with E-state index in [9.17, 15) is 4.79 Å². The summed E-state index contributed by atoms with van der Waals surface area (Å²) in [5.41, 5.74) is 2.69. The van der Waals surface area contributed by atoms with Crippen LogP contribution in [-0.4, -0.2) is 20.9 Å². The van der Waals surface area contributed by atoms with E-state index in [0.717, 1.165) is 11.0 Å². The third-order valence-electron chi connectivity index (χ3n) is 2.72. The number of aromatic nitrogens is 3. The fourth-order valence-corrected chi connectivity index (χ4v) is 1.99. The number of hydrogen-bond donors (Lipinski definition) is 1. The maximum Gasteiger partial charge on any atom is 0.257 e. The minimum Gasteiger partial charge on any atom is -0.322 e. The topological polar surface area (TPSA) is 67.8 Å². The molecule has 0 aliphatic rings. The Kier molecular flexibility index (Phi) is 3.39. The Hall–Kier alpha value is -2.34. The van der Waals surface area contributed by atoms with Gasteiger partial charge in [0, 0.05) is 24.3 Å². The van der Waals surface area contributed by atoms with Gasteiger partial charge in [-0.25, -0.2) is 4.98 Å². The van der Waals surface area contributed by atoms with E-state index in [1.807, 2.05) is 6.07 Å². The van der Waals surface area contributed by atoms with Crippen molar-refractivity contribution in [1.82, 2.24) is 15.0 Å². The lowest BCUT2D eigenvalue weighted by molar-refractivity contribution is 0.102. The molecular formula is C14H9BrN4O. The normalized spacial score (nSPS) is 10.4. The molecule has 6 heteroatoms. The first kappa shape index (κ1) is 12.7. The standard InChI is InChI=1S/C14H9BrN4O/c15-13-4-1-9(8-18-13)14(20)19-10-2-3-11-12(7-10)17-6-5-16-11/h1-8H,(H,19,20). The number of nitrogens with one attached hydrogen (secondary N) is 1. The van der Waals surface area contributed by atoms with Gasteiger partial charge in [0.25, 0.3) is 5.91 Å². The van der Waals surface area contributed by atoms with E-state index in [4.69, 9.17) is 0 Å². The van der Waals surface area contributed by atoms with E-state index < -0.39 is 0 Å². The molecule has 3 aromatic rings. The van der Waals surface area contributed by atoms with Gasteiger partial charge in [-0.05, 0) is 46.3 Å². The summed E-state index contributed by atoms with van der Waals surface area (Å²) in [4.78, 5) is 24.5. The van der Waals surface area contributed by atoms with Crippen molar-refractivity contribution in [3.8, 4) is 0 Å². The van der Waals surface area contributed by atoms with Crippen molar-refractivity contribution >= 4 is 38.6 Å². The summed E-state index contributed by atoms with van der Waals surface area (Å²) in [6.45, 7) is 0. The molecule has 1 amide bonds. The van der Waals surface area contributed by atoms with Gasteiger partial charge in [-0.1, -0.05) is 0 Å². The number of anilines is 1. The molecule has 0 aliphatic heterocycles. The van der Waals surface area contributed by atoms with E-state index in [1.54, 1.807) is 36.7 Å².